The minimum atomic E-state index is -1.40. The number of nitrogens with zero attached hydrogens (tertiary/aromatic N) is 1. The Morgan fingerprint density at radius 2 is 1.94 bits per heavy atom. The zero-order valence-electron chi connectivity index (χ0n) is 9.93. The second-order valence-electron chi connectivity index (χ2n) is 4.18. The van der Waals surface area contributed by atoms with E-state index in [1.54, 1.807) is 0 Å². The fourth-order valence-corrected chi connectivity index (χ4v) is 1.08. The number of primary amides is 1. The third-order valence-corrected chi connectivity index (χ3v) is 2.24. The number of carbonyl (C=O) groups is 3. The van der Waals surface area contributed by atoms with Gasteiger partial charge in [0.15, 0.2) is 0 Å². The molecule has 0 atom stereocenters. The number of hydrogen-bond acceptors (Lipinski definition) is 4. The average molecular weight is 251 g/mol. The summed E-state index contributed by atoms with van der Waals surface area (Å²) < 4.78 is 0. The lowest BCUT2D eigenvalue weighted by atomic mass is 10.1. The van der Waals surface area contributed by atoms with Crippen LogP contribution in [-0.4, -0.2) is 33.4 Å². The maximum atomic E-state index is 11.7. The number of carboxylic acid groups (broad SMARTS) is 1. The summed E-state index contributed by atoms with van der Waals surface area (Å²) in [6.07, 6.45) is 1.16. The lowest BCUT2D eigenvalue weighted by Crippen LogP contribution is -2.49. The van der Waals surface area contributed by atoms with Crippen molar-refractivity contribution in [2.45, 2.75) is 19.4 Å². The highest BCUT2D eigenvalue weighted by Gasteiger charge is 2.29. The van der Waals surface area contributed by atoms with Crippen LogP contribution >= 0.6 is 0 Å². The van der Waals surface area contributed by atoms with Crippen molar-refractivity contribution in [1.29, 1.82) is 0 Å². The van der Waals surface area contributed by atoms with E-state index in [9.17, 15) is 14.4 Å². The zero-order valence-corrected chi connectivity index (χ0v) is 9.93. The van der Waals surface area contributed by atoms with E-state index in [1.807, 2.05) is 0 Å². The Hall–Kier alpha value is -2.44. The summed E-state index contributed by atoms with van der Waals surface area (Å²) in [6, 6.07) is 2.64. The summed E-state index contributed by atoms with van der Waals surface area (Å²) in [7, 11) is 0. The quantitative estimate of drug-likeness (QED) is 0.682. The van der Waals surface area contributed by atoms with Crippen molar-refractivity contribution in [2.24, 2.45) is 5.73 Å². The number of rotatable bonds is 4. The van der Waals surface area contributed by atoms with Crippen molar-refractivity contribution in [3.8, 4) is 0 Å². The van der Waals surface area contributed by atoms with E-state index in [-0.39, 0.29) is 11.3 Å². The van der Waals surface area contributed by atoms with Crippen molar-refractivity contribution in [1.82, 2.24) is 10.3 Å². The summed E-state index contributed by atoms with van der Waals surface area (Å²) in [5, 5.41) is 11.2. The SMILES string of the molecule is CC(C)(NC(=O)c1ccc(C(N)=O)cn1)C(=O)O. The fourth-order valence-electron chi connectivity index (χ4n) is 1.08. The van der Waals surface area contributed by atoms with Crippen LogP contribution < -0.4 is 11.1 Å². The first-order chi connectivity index (χ1) is 8.24. The molecule has 2 amide bonds. The largest absolute Gasteiger partial charge is 0.480 e. The summed E-state index contributed by atoms with van der Waals surface area (Å²) in [4.78, 5) is 37.1. The highest BCUT2D eigenvalue weighted by molar-refractivity contribution is 5.97. The number of aromatic nitrogens is 1. The topological polar surface area (TPSA) is 122 Å². The summed E-state index contributed by atoms with van der Waals surface area (Å²) in [5.41, 5.74) is 3.80. The number of hydrogen-bond donors (Lipinski definition) is 3. The van der Waals surface area contributed by atoms with Gasteiger partial charge in [-0.1, -0.05) is 0 Å². The van der Waals surface area contributed by atoms with Crippen molar-refractivity contribution >= 4 is 17.8 Å². The van der Waals surface area contributed by atoms with Crippen LogP contribution in [0.3, 0.4) is 0 Å². The molecule has 0 bridgehead atoms. The molecule has 0 spiro atoms. The van der Waals surface area contributed by atoms with Crippen molar-refractivity contribution < 1.29 is 19.5 Å². The monoisotopic (exact) mass is 251 g/mol. The standard InChI is InChI=1S/C11H13N3O4/c1-11(2,10(17)18)14-9(16)7-4-3-6(5-13-7)8(12)15/h3-5H,1-2H3,(H2,12,15)(H,14,16)(H,17,18). The number of amides is 2. The molecular weight excluding hydrogens is 238 g/mol. The zero-order chi connectivity index (χ0) is 13.9. The highest BCUT2D eigenvalue weighted by Crippen LogP contribution is 2.05. The Morgan fingerprint density at radius 1 is 1.33 bits per heavy atom. The molecule has 0 unspecified atom stereocenters. The Bertz CT molecular complexity index is 494. The molecule has 1 aromatic heterocycles. The van der Waals surface area contributed by atoms with Crippen LogP contribution in [0, 0.1) is 0 Å². The van der Waals surface area contributed by atoms with Crippen LogP contribution in [0.15, 0.2) is 18.3 Å². The molecule has 4 N–H and O–H groups in total. The van der Waals surface area contributed by atoms with Gasteiger partial charge < -0.3 is 16.2 Å². The number of pyridine rings is 1. The second kappa shape index (κ2) is 4.82. The van der Waals surface area contributed by atoms with Crippen LogP contribution in [0.1, 0.15) is 34.7 Å². The second-order valence-corrected chi connectivity index (χ2v) is 4.18. The Morgan fingerprint density at radius 3 is 2.33 bits per heavy atom. The van der Waals surface area contributed by atoms with Gasteiger partial charge in [-0.15, -0.1) is 0 Å². The molecule has 0 saturated heterocycles. The van der Waals surface area contributed by atoms with Crippen molar-refractivity contribution in [2.75, 3.05) is 0 Å². The van der Waals surface area contributed by atoms with Gasteiger partial charge >= 0.3 is 5.97 Å². The van der Waals surface area contributed by atoms with E-state index in [0.29, 0.717) is 0 Å². The molecule has 0 aromatic carbocycles. The van der Waals surface area contributed by atoms with Gasteiger partial charge in [-0.25, -0.2) is 4.79 Å². The van der Waals surface area contributed by atoms with Crippen LogP contribution in [0.2, 0.25) is 0 Å². The first kappa shape index (κ1) is 13.6. The minimum absolute atomic E-state index is 0.00863. The summed E-state index contributed by atoms with van der Waals surface area (Å²) in [6.45, 7) is 2.70. The first-order valence-corrected chi connectivity index (χ1v) is 5.06. The Balaban J connectivity index is 2.86. The van der Waals surface area contributed by atoms with Gasteiger partial charge in [0.2, 0.25) is 5.91 Å². The van der Waals surface area contributed by atoms with Crippen molar-refractivity contribution in [3.05, 3.63) is 29.6 Å². The molecular formula is C11H13N3O4. The normalized spacial score (nSPS) is 10.8. The van der Waals surface area contributed by atoms with Gasteiger partial charge in [-0.3, -0.25) is 14.6 Å². The molecule has 96 valence electrons. The third kappa shape index (κ3) is 3.03. The van der Waals surface area contributed by atoms with Crippen molar-refractivity contribution in [3.63, 3.8) is 0 Å². The van der Waals surface area contributed by atoms with E-state index in [4.69, 9.17) is 10.8 Å². The molecule has 1 heterocycles. The highest BCUT2D eigenvalue weighted by atomic mass is 16.4. The van der Waals surface area contributed by atoms with Crippen LogP contribution in [0.25, 0.3) is 0 Å². The van der Waals surface area contributed by atoms with E-state index in [0.717, 1.165) is 6.20 Å². The number of carboxylic acids is 1. The molecule has 1 rings (SSSR count). The van der Waals surface area contributed by atoms with Gasteiger partial charge in [0, 0.05) is 6.20 Å². The van der Waals surface area contributed by atoms with Gasteiger partial charge in [-0.05, 0) is 26.0 Å². The van der Waals surface area contributed by atoms with Crippen LogP contribution in [0.5, 0.6) is 0 Å². The minimum Gasteiger partial charge on any atom is -0.480 e. The molecule has 0 fully saturated rings. The molecule has 1 aromatic rings. The Kier molecular flexibility index (Phi) is 3.65. The van der Waals surface area contributed by atoms with E-state index in [1.165, 1.54) is 26.0 Å². The number of carbonyl (C=O) groups excluding carboxylic acids is 2. The molecule has 7 heteroatoms. The first-order valence-electron chi connectivity index (χ1n) is 5.06. The maximum Gasteiger partial charge on any atom is 0.328 e. The molecule has 0 saturated carbocycles. The molecule has 18 heavy (non-hydrogen) atoms. The molecule has 0 aliphatic carbocycles. The lowest BCUT2D eigenvalue weighted by molar-refractivity contribution is -0.143. The predicted molar refractivity (Wildman–Crippen MR) is 61.9 cm³/mol. The molecule has 0 aliphatic rings. The lowest BCUT2D eigenvalue weighted by Gasteiger charge is -2.20. The number of nitrogens with one attached hydrogen (secondary N) is 1. The van der Waals surface area contributed by atoms with Crippen LogP contribution in [0.4, 0.5) is 0 Å². The number of nitrogens with two attached hydrogens (primary N) is 1. The van der Waals surface area contributed by atoms with Gasteiger partial charge in [-0.2, -0.15) is 0 Å². The summed E-state index contributed by atoms with van der Waals surface area (Å²) >= 11 is 0. The van der Waals surface area contributed by atoms with E-state index < -0.39 is 23.3 Å². The smallest absolute Gasteiger partial charge is 0.328 e. The average Bonchev–Trinajstić information content (AvgIpc) is 2.28. The van der Waals surface area contributed by atoms with Gasteiger partial charge in [0.25, 0.3) is 5.91 Å². The Labute approximate surface area is 103 Å². The third-order valence-electron chi connectivity index (χ3n) is 2.24. The molecule has 0 aliphatic heterocycles. The fraction of sp³-hybridized carbons (Fsp3) is 0.273. The molecule has 0 radical (unpaired) electrons. The van der Waals surface area contributed by atoms with E-state index in [2.05, 4.69) is 10.3 Å². The van der Waals surface area contributed by atoms with E-state index >= 15 is 0 Å². The number of aliphatic carboxylic acids is 1. The maximum absolute atomic E-state index is 11.7. The molecule has 7 nitrogen and oxygen atoms in total. The van der Waals surface area contributed by atoms with Gasteiger partial charge in [0.05, 0.1) is 5.56 Å². The van der Waals surface area contributed by atoms with Gasteiger partial charge in [0.1, 0.15) is 11.2 Å². The van der Waals surface area contributed by atoms with Crippen LogP contribution in [-0.2, 0) is 4.79 Å². The summed E-state index contributed by atoms with van der Waals surface area (Å²) in [5.74, 6) is -2.46. The predicted octanol–water partition coefficient (Wildman–Crippen LogP) is -0.227.